The molecule has 0 aliphatic heterocycles. The normalized spacial score (nSPS) is 10.0. The molecule has 2 aromatic rings. The Bertz CT molecular complexity index is 687. The van der Waals surface area contributed by atoms with Crippen LogP contribution in [0.25, 0.3) is 0 Å². The molecule has 0 aromatic heterocycles. The minimum Gasteiger partial charge on any atom is -0.325 e. The Morgan fingerprint density at radius 1 is 1.00 bits per heavy atom. The lowest BCUT2D eigenvalue weighted by molar-refractivity contribution is -0.114. The van der Waals surface area contributed by atoms with E-state index in [9.17, 15) is 14.0 Å². The lowest BCUT2D eigenvalue weighted by Crippen LogP contribution is -2.15. The number of benzene rings is 2. The van der Waals surface area contributed by atoms with Crippen LogP contribution in [0.3, 0.4) is 0 Å². The molecule has 0 fully saturated rings. The van der Waals surface area contributed by atoms with E-state index in [0.29, 0.717) is 11.3 Å². The smallest absolute Gasteiger partial charge is 0.255 e. The van der Waals surface area contributed by atoms with E-state index in [-0.39, 0.29) is 17.5 Å². The summed E-state index contributed by atoms with van der Waals surface area (Å²) in [5.74, 6) is -1.20. The van der Waals surface area contributed by atoms with Gasteiger partial charge in [-0.3, -0.25) is 9.59 Å². The van der Waals surface area contributed by atoms with Gasteiger partial charge in [0.25, 0.3) is 5.91 Å². The summed E-state index contributed by atoms with van der Waals surface area (Å²) in [4.78, 5) is 23.2. The van der Waals surface area contributed by atoms with Crippen molar-refractivity contribution < 1.29 is 14.0 Å². The van der Waals surface area contributed by atoms with Gasteiger partial charge in [-0.15, -0.1) is 0 Å². The number of hydrogen-bond acceptors (Lipinski definition) is 2. The van der Waals surface area contributed by atoms with E-state index in [2.05, 4.69) is 26.6 Å². The zero-order chi connectivity index (χ0) is 15.4. The van der Waals surface area contributed by atoms with Gasteiger partial charge in [-0.1, -0.05) is 15.9 Å². The maximum absolute atomic E-state index is 13.3. The molecule has 0 aliphatic carbocycles. The maximum atomic E-state index is 13.3. The molecule has 108 valence electrons. The van der Waals surface area contributed by atoms with Gasteiger partial charge in [-0.2, -0.15) is 0 Å². The molecule has 0 spiro atoms. The molecule has 2 amide bonds. The fraction of sp³-hybridized carbons (Fsp3) is 0.0667. The van der Waals surface area contributed by atoms with Crippen molar-refractivity contribution in [2.45, 2.75) is 6.92 Å². The third-order valence-corrected chi connectivity index (χ3v) is 3.18. The molecule has 2 aromatic carbocycles. The predicted octanol–water partition coefficient (Wildman–Crippen LogP) is 3.80. The molecule has 0 aliphatic rings. The molecule has 0 heterocycles. The largest absolute Gasteiger partial charge is 0.325 e. The van der Waals surface area contributed by atoms with Crippen LogP contribution >= 0.6 is 15.9 Å². The number of nitrogens with one attached hydrogen (secondary N) is 2. The molecular formula is C15H12BrFN2O2. The van der Waals surface area contributed by atoms with Gasteiger partial charge in [0.2, 0.25) is 5.91 Å². The Labute approximate surface area is 129 Å². The monoisotopic (exact) mass is 350 g/mol. The highest BCUT2D eigenvalue weighted by molar-refractivity contribution is 9.10. The third kappa shape index (κ3) is 4.13. The summed E-state index contributed by atoms with van der Waals surface area (Å²) < 4.78 is 14.2. The lowest BCUT2D eigenvalue weighted by atomic mass is 10.2. The van der Waals surface area contributed by atoms with E-state index in [1.165, 1.54) is 19.1 Å². The van der Waals surface area contributed by atoms with Crippen LogP contribution in [-0.4, -0.2) is 11.8 Å². The first kappa shape index (κ1) is 15.2. The average Bonchev–Trinajstić information content (AvgIpc) is 2.42. The third-order valence-electron chi connectivity index (χ3n) is 2.65. The van der Waals surface area contributed by atoms with Crippen LogP contribution in [0.1, 0.15) is 17.3 Å². The average molecular weight is 351 g/mol. The molecule has 0 atom stereocenters. The Morgan fingerprint density at radius 2 is 1.67 bits per heavy atom. The lowest BCUT2D eigenvalue weighted by Gasteiger charge is -2.11. The van der Waals surface area contributed by atoms with Crippen LogP contribution in [-0.2, 0) is 4.79 Å². The summed E-state index contributed by atoms with van der Waals surface area (Å²) in [5, 5.41) is 5.12. The van der Waals surface area contributed by atoms with Crippen LogP contribution in [0.5, 0.6) is 0 Å². The molecule has 2 N–H and O–H groups in total. The van der Waals surface area contributed by atoms with Crippen LogP contribution in [0.15, 0.2) is 46.9 Å². The van der Waals surface area contributed by atoms with Gasteiger partial charge in [0, 0.05) is 17.0 Å². The fourth-order valence-electron chi connectivity index (χ4n) is 1.71. The molecule has 2 rings (SSSR count). The Kier molecular flexibility index (Phi) is 4.70. The van der Waals surface area contributed by atoms with E-state index >= 15 is 0 Å². The molecule has 0 saturated heterocycles. The second kappa shape index (κ2) is 6.49. The van der Waals surface area contributed by atoms with E-state index in [4.69, 9.17) is 0 Å². The van der Waals surface area contributed by atoms with Crippen LogP contribution < -0.4 is 10.6 Å². The molecule has 4 nitrogen and oxygen atoms in total. The van der Waals surface area contributed by atoms with Gasteiger partial charge < -0.3 is 10.6 Å². The summed E-state index contributed by atoms with van der Waals surface area (Å²) in [7, 11) is 0. The highest BCUT2D eigenvalue weighted by Crippen LogP contribution is 2.23. The van der Waals surface area contributed by atoms with Gasteiger partial charge in [0.15, 0.2) is 0 Å². The maximum Gasteiger partial charge on any atom is 0.255 e. The predicted molar refractivity (Wildman–Crippen MR) is 82.8 cm³/mol. The number of anilines is 2. The summed E-state index contributed by atoms with van der Waals surface area (Å²) in [6, 6.07) is 10.5. The zero-order valence-electron chi connectivity index (χ0n) is 11.1. The van der Waals surface area contributed by atoms with E-state index in [1.807, 2.05) is 0 Å². The first-order valence-corrected chi connectivity index (χ1v) is 6.89. The molecular weight excluding hydrogens is 339 g/mol. The number of carbonyl (C=O) groups is 2. The second-order valence-corrected chi connectivity index (χ2v) is 5.25. The number of halogens is 2. The SMILES string of the molecule is CC(=O)Nc1ccc(F)cc1NC(=O)c1ccc(Br)cc1. The van der Waals surface area contributed by atoms with Crippen molar-refractivity contribution in [1.29, 1.82) is 0 Å². The molecule has 0 bridgehead atoms. The Hall–Kier alpha value is -2.21. The molecule has 0 saturated carbocycles. The fourth-order valence-corrected chi connectivity index (χ4v) is 1.98. The van der Waals surface area contributed by atoms with Gasteiger partial charge in [0.1, 0.15) is 5.82 Å². The molecule has 0 unspecified atom stereocenters. The second-order valence-electron chi connectivity index (χ2n) is 4.33. The van der Waals surface area contributed by atoms with Gasteiger partial charge in [-0.05, 0) is 42.5 Å². The Morgan fingerprint density at radius 3 is 2.29 bits per heavy atom. The zero-order valence-corrected chi connectivity index (χ0v) is 12.7. The van der Waals surface area contributed by atoms with E-state index in [0.717, 1.165) is 10.5 Å². The van der Waals surface area contributed by atoms with Gasteiger partial charge in [-0.25, -0.2) is 4.39 Å². The minimum atomic E-state index is -0.504. The quantitative estimate of drug-likeness (QED) is 0.884. The Balaban J connectivity index is 2.25. The van der Waals surface area contributed by atoms with Crippen molar-refractivity contribution in [2.75, 3.05) is 10.6 Å². The van der Waals surface area contributed by atoms with Crippen molar-refractivity contribution in [3.8, 4) is 0 Å². The highest BCUT2D eigenvalue weighted by atomic mass is 79.9. The molecule has 0 radical (unpaired) electrons. The van der Waals surface area contributed by atoms with Crippen LogP contribution in [0.4, 0.5) is 15.8 Å². The molecule has 6 heteroatoms. The number of rotatable bonds is 3. The van der Waals surface area contributed by atoms with Crippen molar-refractivity contribution in [3.63, 3.8) is 0 Å². The number of amides is 2. The van der Waals surface area contributed by atoms with Crippen molar-refractivity contribution in [2.24, 2.45) is 0 Å². The summed E-state index contributed by atoms with van der Waals surface area (Å²) >= 11 is 3.28. The first-order valence-electron chi connectivity index (χ1n) is 6.10. The van der Waals surface area contributed by atoms with E-state index in [1.54, 1.807) is 24.3 Å². The minimum absolute atomic E-state index is 0.207. The highest BCUT2D eigenvalue weighted by Gasteiger charge is 2.11. The summed E-state index contributed by atoms with van der Waals surface area (Å²) in [5.41, 5.74) is 0.976. The van der Waals surface area contributed by atoms with Gasteiger partial charge in [0.05, 0.1) is 11.4 Å². The first-order chi connectivity index (χ1) is 9.95. The van der Waals surface area contributed by atoms with Crippen molar-refractivity contribution >= 4 is 39.1 Å². The molecule has 21 heavy (non-hydrogen) atoms. The summed E-state index contributed by atoms with van der Waals surface area (Å²) in [6.45, 7) is 1.34. The van der Waals surface area contributed by atoms with Gasteiger partial charge >= 0.3 is 0 Å². The van der Waals surface area contributed by atoms with Crippen molar-refractivity contribution in [3.05, 3.63) is 58.3 Å². The standard InChI is InChI=1S/C15H12BrFN2O2/c1-9(20)18-13-7-6-12(17)8-14(13)19-15(21)10-2-4-11(16)5-3-10/h2-8H,1H3,(H,18,20)(H,19,21). The number of hydrogen-bond donors (Lipinski definition) is 2. The number of carbonyl (C=O) groups excluding carboxylic acids is 2. The van der Waals surface area contributed by atoms with Crippen molar-refractivity contribution in [1.82, 2.24) is 0 Å². The van der Waals surface area contributed by atoms with Crippen LogP contribution in [0.2, 0.25) is 0 Å². The topological polar surface area (TPSA) is 58.2 Å². The van der Waals surface area contributed by atoms with Crippen LogP contribution in [0, 0.1) is 5.82 Å². The summed E-state index contributed by atoms with van der Waals surface area (Å²) in [6.07, 6.45) is 0. The van der Waals surface area contributed by atoms with E-state index < -0.39 is 5.82 Å².